The van der Waals surface area contributed by atoms with Gasteiger partial charge in [0.25, 0.3) is 0 Å². The standard InChI is InChI=1S/C15H17N3O2/c1-20-14-7-3-2-6-13(14)11-18-15(19)17-10-12-5-4-8-16-9-12/h2-9H,10-11H2,1H3,(H2,17,18,19). The topological polar surface area (TPSA) is 63.2 Å². The molecule has 5 heteroatoms. The van der Waals surface area contributed by atoms with Crippen LogP contribution in [-0.2, 0) is 13.1 Å². The zero-order chi connectivity index (χ0) is 14.2. The van der Waals surface area contributed by atoms with Crippen LogP contribution < -0.4 is 15.4 Å². The van der Waals surface area contributed by atoms with Gasteiger partial charge in [-0.1, -0.05) is 24.3 Å². The third-order valence-electron chi connectivity index (χ3n) is 2.81. The minimum Gasteiger partial charge on any atom is -0.496 e. The molecule has 2 N–H and O–H groups in total. The summed E-state index contributed by atoms with van der Waals surface area (Å²) in [6.45, 7) is 0.870. The Morgan fingerprint density at radius 3 is 2.70 bits per heavy atom. The molecule has 2 rings (SSSR count). The van der Waals surface area contributed by atoms with Gasteiger partial charge >= 0.3 is 6.03 Å². The van der Waals surface area contributed by atoms with Gasteiger partial charge in [-0.15, -0.1) is 0 Å². The van der Waals surface area contributed by atoms with Crippen LogP contribution in [0.3, 0.4) is 0 Å². The molecule has 20 heavy (non-hydrogen) atoms. The number of nitrogens with zero attached hydrogens (tertiary/aromatic N) is 1. The van der Waals surface area contributed by atoms with Crippen molar-refractivity contribution in [2.24, 2.45) is 0 Å². The number of rotatable bonds is 5. The number of carbonyl (C=O) groups excluding carboxylic acids is 1. The maximum atomic E-state index is 11.7. The third-order valence-corrected chi connectivity index (χ3v) is 2.81. The quantitative estimate of drug-likeness (QED) is 0.875. The average molecular weight is 271 g/mol. The van der Waals surface area contributed by atoms with Crippen molar-refractivity contribution in [1.29, 1.82) is 0 Å². The molecule has 0 spiro atoms. The molecule has 0 fully saturated rings. The second-order valence-electron chi connectivity index (χ2n) is 4.21. The van der Waals surface area contributed by atoms with Gasteiger partial charge in [-0.3, -0.25) is 4.98 Å². The van der Waals surface area contributed by atoms with Crippen LogP contribution in [0.25, 0.3) is 0 Å². The minimum atomic E-state index is -0.222. The molecular weight excluding hydrogens is 254 g/mol. The Balaban J connectivity index is 1.80. The molecule has 0 bridgehead atoms. The molecule has 0 saturated heterocycles. The molecule has 0 unspecified atom stereocenters. The fraction of sp³-hybridized carbons (Fsp3) is 0.200. The molecular formula is C15H17N3O2. The number of nitrogens with one attached hydrogen (secondary N) is 2. The van der Waals surface area contributed by atoms with Gasteiger partial charge in [-0.05, 0) is 17.7 Å². The van der Waals surface area contributed by atoms with Crippen molar-refractivity contribution < 1.29 is 9.53 Å². The summed E-state index contributed by atoms with van der Waals surface area (Å²) in [6, 6.07) is 11.1. The van der Waals surface area contributed by atoms with Crippen molar-refractivity contribution >= 4 is 6.03 Å². The molecule has 5 nitrogen and oxygen atoms in total. The molecule has 1 heterocycles. The summed E-state index contributed by atoms with van der Waals surface area (Å²) in [5, 5.41) is 5.57. The first-order chi connectivity index (χ1) is 9.79. The van der Waals surface area contributed by atoms with E-state index in [9.17, 15) is 4.79 Å². The van der Waals surface area contributed by atoms with E-state index in [1.807, 2.05) is 36.4 Å². The normalized spacial score (nSPS) is 9.85. The highest BCUT2D eigenvalue weighted by molar-refractivity contribution is 5.73. The van der Waals surface area contributed by atoms with Crippen LogP contribution >= 0.6 is 0 Å². The molecule has 0 saturated carbocycles. The summed E-state index contributed by atoms with van der Waals surface area (Å²) in [6.07, 6.45) is 3.42. The minimum absolute atomic E-state index is 0.222. The first-order valence-corrected chi connectivity index (χ1v) is 6.32. The molecule has 1 aromatic heterocycles. The van der Waals surface area contributed by atoms with Crippen molar-refractivity contribution in [3.05, 3.63) is 59.9 Å². The fourth-order valence-electron chi connectivity index (χ4n) is 1.77. The number of methoxy groups -OCH3 is 1. The first-order valence-electron chi connectivity index (χ1n) is 6.32. The van der Waals surface area contributed by atoms with Crippen molar-refractivity contribution in [2.75, 3.05) is 7.11 Å². The van der Waals surface area contributed by atoms with E-state index in [0.29, 0.717) is 13.1 Å². The van der Waals surface area contributed by atoms with Gasteiger partial charge in [-0.2, -0.15) is 0 Å². The maximum Gasteiger partial charge on any atom is 0.315 e. The van der Waals surface area contributed by atoms with Crippen LogP contribution in [0.1, 0.15) is 11.1 Å². The van der Waals surface area contributed by atoms with Gasteiger partial charge < -0.3 is 15.4 Å². The van der Waals surface area contributed by atoms with Crippen LogP contribution in [0.2, 0.25) is 0 Å². The molecule has 0 radical (unpaired) electrons. The number of benzene rings is 1. The predicted octanol–water partition coefficient (Wildman–Crippen LogP) is 2.09. The molecule has 2 amide bonds. The number of amides is 2. The Kier molecular flexibility index (Phi) is 4.94. The number of para-hydroxylation sites is 1. The Morgan fingerprint density at radius 1 is 1.15 bits per heavy atom. The van der Waals surface area contributed by atoms with E-state index >= 15 is 0 Å². The van der Waals surface area contributed by atoms with E-state index in [4.69, 9.17) is 4.74 Å². The zero-order valence-corrected chi connectivity index (χ0v) is 11.3. The van der Waals surface area contributed by atoms with Crippen LogP contribution in [0.5, 0.6) is 5.75 Å². The van der Waals surface area contributed by atoms with E-state index in [-0.39, 0.29) is 6.03 Å². The van der Waals surface area contributed by atoms with E-state index in [0.717, 1.165) is 16.9 Å². The molecule has 1 aromatic carbocycles. The SMILES string of the molecule is COc1ccccc1CNC(=O)NCc1cccnc1. The lowest BCUT2D eigenvalue weighted by molar-refractivity contribution is 0.240. The molecule has 0 aliphatic rings. The average Bonchev–Trinajstić information content (AvgIpc) is 2.52. The highest BCUT2D eigenvalue weighted by Crippen LogP contribution is 2.16. The summed E-state index contributed by atoms with van der Waals surface area (Å²) in [4.78, 5) is 15.7. The van der Waals surface area contributed by atoms with Gasteiger partial charge in [0.2, 0.25) is 0 Å². The fourth-order valence-corrected chi connectivity index (χ4v) is 1.77. The van der Waals surface area contributed by atoms with E-state index in [2.05, 4.69) is 15.6 Å². The molecule has 0 aliphatic heterocycles. The summed E-state index contributed by atoms with van der Waals surface area (Å²) in [5.74, 6) is 0.764. The van der Waals surface area contributed by atoms with Crippen molar-refractivity contribution in [2.45, 2.75) is 13.1 Å². The molecule has 2 aromatic rings. The third kappa shape index (κ3) is 3.98. The lowest BCUT2D eigenvalue weighted by Crippen LogP contribution is -2.34. The largest absolute Gasteiger partial charge is 0.496 e. The summed E-state index contributed by atoms with van der Waals surface area (Å²) < 4.78 is 5.23. The molecule has 104 valence electrons. The van der Waals surface area contributed by atoms with Crippen LogP contribution in [-0.4, -0.2) is 18.1 Å². The number of pyridine rings is 1. The number of carbonyl (C=O) groups is 1. The van der Waals surface area contributed by atoms with Crippen LogP contribution in [0.4, 0.5) is 4.79 Å². The Hall–Kier alpha value is -2.56. The van der Waals surface area contributed by atoms with Crippen molar-refractivity contribution in [1.82, 2.24) is 15.6 Å². The van der Waals surface area contributed by atoms with E-state index < -0.39 is 0 Å². The highest BCUT2D eigenvalue weighted by atomic mass is 16.5. The maximum absolute atomic E-state index is 11.7. The van der Waals surface area contributed by atoms with Gasteiger partial charge in [-0.25, -0.2) is 4.79 Å². The highest BCUT2D eigenvalue weighted by Gasteiger charge is 2.04. The lowest BCUT2D eigenvalue weighted by atomic mass is 10.2. The summed E-state index contributed by atoms with van der Waals surface area (Å²) in [5.41, 5.74) is 1.89. The zero-order valence-electron chi connectivity index (χ0n) is 11.3. The van der Waals surface area contributed by atoms with Gasteiger partial charge in [0, 0.05) is 31.0 Å². The van der Waals surface area contributed by atoms with Crippen molar-refractivity contribution in [3.8, 4) is 5.75 Å². The van der Waals surface area contributed by atoms with Crippen LogP contribution in [0, 0.1) is 0 Å². The summed E-state index contributed by atoms with van der Waals surface area (Å²) in [7, 11) is 1.61. The van der Waals surface area contributed by atoms with Crippen LogP contribution in [0.15, 0.2) is 48.8 Å². The van der Waals surface area contributed by atoms with E-state index in [1.54, 1.807) is 19.5 Å². The Labute approximate surface area is 118 Å². The number of hydrogen-bond acceptors (Lipinski definition) is 3. The number of aromatic nitrogens is 1. The summed E-state index contributed by atoms with van der Waals surface area (Å²) >= 11 is 0. The lowest BCUT2D eigenvalue weighted by Gasteiger charge is -2.10. The second-order valence-corrected chi connectivity index (χ2v) is 4.21. The monoisotopic (exact) mass is 271 g/mol. The predicted molar refractivity (Wildman–Crippen MR) is 76.3 cm³/mol. The van der Waals surface area contributed by atoms with Gasteiger partial charge in [0.05, 0.1) is 7.11 Å². The molecule has 0 atom stereocenters. The second kappa shape index (κ2) is 7.13. The number of urea groups is 1. The number of ether oxygens (including phenoxy) is 1. The molecule has 0 aliphatic carbocycles. The Bertz CT molecular complexity index is 558. The number of hydrogen-bond donors (Lipinski definition) is 2. The van der Waals surface area contributed by atoms with Gasteiger partial charge in [0.15, 0.2) is 0 Å². The van der Waals surface area contributed by atoms with Crippen molar-refractivity contribution in [3.63, 3.8) is 0 Å². The van der Waals surface area contributed by atoms with E-state index in [1.165, 1.54) is 0 Å². The first kappa shape index (κ1) is 13.9. The smallest absolute Gasteiger partial charge is 0.315 e. The van der Waals surface area contributed by atoms with Gasteiger partial charge in [0.1, 0.15) is 5.75 Å². The Morgan fingerprint density at radius 2 is 1.95 bits per heavy atom.